The number of methoxy groups -OCH3 is 2. The van der Waals surface area contributed by atoms with Gasteiger partial charge in [0.25, 0.3) is 5.56 Å². The molecule has 4 aromatic rings. The van der Waals surface area contributed by atoms with Crippen molar-refractivity contribution in [3.05, 3.63) is 64.1 Å². The summed E-state index contributed by atoms with van der Waals surface area (Å²) in [6.45, 7) is 0. The molecule has 4 rings (SSSR count). The van der Waals surface area contributed by atoms with Crippen LogP contribution in [0.5, 0.6) is 0 Å². The Morgan fingerprint density at radius 2 is 1.89 bits per heavy atom. The molecule has 0 aliphatic carbocycles. The van der Waals surface area contributed by atoms with Crippen molar-refractivity contribution in [2.75, 3.05) is 14.2 Å². The highest BCUT2D eigenvalue weighted by molar-refractivity contribution is 5.85. The summed E-state index contributed by atoms with van der Waals surface area (Å²) in [6, 6.07) is 8.55. The fourth-order valence-electron chi connectivity index (χ4n) is 2.98. The first-order chi connectivity index (χ1) is 13.0. The number of aromatic amines is 1. The minimum Gasteiger partial charge on any atom is -0.456 e. The summed E-state index contributed by atoms with van der Waals surface area (Å²) >= 11 is 0. The maximum atomic E-state index is 13.9. The van der Waals surface area contributed by atoms with Crippen molar-refractivity contribution in [2.45, 2.75) is 6.29 Å². The highest BCUT2D eigenvalue weighted by atomic mass is 19.1. The van der Waals surface area contributed by atoms with Crippen molar-refractivity contribution in [3.63, 3.8) is 0 Å². The summed E-state index contributed by atoms with van der Waals surface area (Å²) in [7, 11) is 2.99. The molecule has 2 aromatic carbocycles. The van der Waals surface area contributed by atoms with Crippen LogP contribution in [-0.4, -0.2) is 24.2 Å². The number of nitrogens with zero attached hydrogens (tertiary/aromatic N) is 1. The molecular formula is C19H14F2N2O4. The molecule has 2 aromatic heterocycles. The quantitative estimate of drug-likeness (QED) is 0.550. The standard InChI is InChI=1S/C19H14F2N2O4/c1-25-19(26-2)15-6-10-5-9(3-4-14(10)27-15)17-22-13-8-11(20)7-12(21)16(13)18(24)23-17/h3-8,19H,1-2H3,(H,22,23,24). The second kappa shape index (κ2) is 6.57. The maximum absolute atomic E-state index is 13.9. The van der Waals surface area contributed by atoms with Crippen molar-refractivity contribution in [2.24, 2.45) is 0 Å². The van der Waals surface area contributed by atoms with Crippen LogP contribution in [0, 0.1) is 11.6 Å². The molecule has 0 amide bonds. The molecular weight excluding hydrogens is 358 g/mol. The van der Waals surface area contributed by atoms with E-state index < -0.39 is 23.5 Å². The summed E-state index contributed by atoms with van der Waals surface area (Å²) in [5, 5.41) is 0.449. The topological polar surface area (TPSA) is 77.4 Å². The number of ether oxygens (including phenoxy) is 2. The van der Waals surface area contributed by atoms with Crippen molar-refractivity contribution < 1.29 is 22.7 Å². The van der Waals surface area contributed by atoms with Crippen LogP contribution < -0.4 is 5.56 Å². The third-order valence-corrected chi connectivity index (χ3v) is 4.19. The molecule has 138 valence electrons. The van der Waals surface area contributed by atoms with E-state index in [0.717, 1.165) is 11.5 Å². The Bertz CT molecular complexity index is 1210. The van der Waals surface area contributed by atoms with Gasteiger partial charge in [-0.1, -0.05) is 0 Å². The van der Waals surface area contributed by atoms with Crippen LogP contribution in [0.15, 0.2) is 45.6 Å². The number of aromatic nitrogens is 2. The molecule has 0 saturated carbocycles. The molecule has 0 unspecified atom stereocenters. The van der Waals surface area contributed by atoms with E-state index in [2.05, 4.69) is 9.97 Å². The molecule has 0 bridgehead atoms. The Balaban J connectivity index is 1.85. The number of hydrogen-bond acceptors (Lipinski definition) is 5. The first-order valence-corrected chi connectivity index (χ1v) is 7.98. The second-order valence-corrected chi connectivity index (χ2v) is 5.90. The number of nitrogens with one attached hydrogen (secondary N) is 1. The molecule has 0 aliphatic heterocycles. The van der Waals surface area contributed by atoms with Gasteiger partial charge in [0, 0.05) is 37.3 Å². The van der Waals surface area contributed by atoms with Crippen LogP contribution in [-0.2, 0) is 9.47 Å². The first kappa shape index (κ1) is 17.3. The number of furan rings is 1. The zero-order valence-corrected chi connectivity index (χ0v) is 14.4. The van der Waals surface area contributed by atoms with E-state index in [1.54, 1.807) is 24.3 Å². The van der Waals surface area contributed by atoms with Gasteiger partial charge in [0.15, 0.2) is 5.76 Å². The lowest BCUT2D eigenvalue weighted by Crippen LogP contribution is -2.11. The van der Waals surface area contributed by atoms with Crippen LogP contribution >= 0.6 is 0 Å². The van der Waals surface area contributed by atoms with Gasteiger partial charge in [-0.2, -0.15) is 0 Å². The van der Waals surface area contributed by atoms with E-state index in [1.807, 2.05) is 0 Å². The molecule has 27 heavy (non-hydrogen) atoms. The van der Waals surface area contributed by atoms with E-state index in [0.29, 0.717) is 23.0 Å². The first-order valence-electron chi connectivity index (χ1n) is 7.98. The van der Waals surface area contributed by atoms with E-state index in [1.165, 1.54) is 14.2 Å². The summed E-state index contributed by atoms with van der Waals surface area (Å²) in [4.78, 5) is 19.0. The number of hydrogen-bond donors (Lipinski definition) is 1. The van der Waals surface area contributed by atoms with Crippen molar-refractivity contribution in [1.82, 2.24) is 9.97 Å². The Kier molecular flexibility index (Phi) is 4.21. The van der Waals surface area contributed by atoms with Gasteiger partial charge in [0.1, 0.15) is 28.4 Å². The number of H-pyrrole nitrogens is 1. The van der Waals surface area contributed by atoms with E-state index in [9.17, 15) is 13.6 Å². The summed E-state index contributed by atoms with van der Waals surface area (Å²) < 4.78 is 43.4. The average Bonchev–Trinajstić information content (AvgIpc) is 3.04. The Morgan fingerprint density at radius 1 is 1.11 bits per heavy atom. The third kappa shape index (κ3) is 2.98. The summed E-state index contributed by atoms with van der Waals surface area (Å²) in [5.74, 6) is -1.08. The highest BCUT2D eigenvalue weighted by Gasteiger charge is 2.16. The van der Waals surface area contributed by atoms with Crippen molar-refractivity contribution in [1.29, 1.82) is 0 Å². The monoisotopic (exact) mass is 372 g/mol. The van der Waals surface area contributed by atoms with Gasteiger partial charge >= 0.3 is 0 Å². The number of halogens is 2. The molecule has 0 radical (unpaired) electrons. The normalized spacial score (nSPS) is 11.7. The number of fused-ring (bicyclic) bond motifs is 2. The molecule has 0 spiro atoms. The lowest BCUT2D eigenvalue weighted by molar-refractivity contribution is -0.117. The summed E-state index contributed by atoms with van der Waals surface area (Å²) in [5.41, 5.74) is 0.412. The Labute approximate surface area is 151 Å². The van der Waals surface area contributed by atoms with Gasteiger partial charge in [0.05, 0.1) is 5.52 Å². The number of benzene rings is 2. The second-order valence-electron chi connectivity index (χ2n) is 5.90. The van der Waals surface area contributed by atoms with Gasteiger partial charge in [-0.05, 0) is 24.3 Å². The fraction of sp³-hybridized carbons (Fsp3) is 0.158. The predicted octanol–water partition coefficient (Wildman–Crippen LogP) is 3.91. The lowest BCUT2D eigenvalue weighted by Gasteiger charge is -2.08. The molecule has 1 N–H and O–H groups in total. The largest absolute Gasteiger partial charge is 0.456 e. The Hall–Kier alpha value is -3.10. The van der Waals surface area contributed by atoms with Crippen molar-refractivity contribution >= 4 is 21.9 Å². The van der Waals surface area contributed by atoms with Crippen LogP contribution in [0.1, 0.15) is 12.1 Å². The lowest BCUT2D eigenvalue weighted by atomic mass is 10.1. The minimum atomic E-state index is -0.953. The fourth-order valence-corrected chi connectivity index (χ4v) is 2.98. The van der Waals surface area contributed by atoms with Gasteiger partial charge in [0.2, 0.25) is 6.29 Å². The highest BCUT2D eigenvalue weighted by Crippen LogP contribution is 2.29. The van der Waals surface area contributed by atoms with Crippen LogP contribution in [0.25, 0.3) is 33.3 Å². The Morgan fingerprint density at radius 3 is 2.63 bits per heavy atom. The smallest absolute Gasteiger partial charge is 0.262 e. The van der Waals surface area contributed by atoms with Crippen molar-refractivity contribution in [3.8, 4) is 11.4 Å². The minimum absolute atomic E-state index is 0.0574. The molecule has 0 aliphatic rings. The molecule has 0 fully saturated rings. The zero-order chi connectivity index (χ0) is 19.1. The zero-order valence-electron chi connectivity index (χ0n) is 14.4. The average molecular weight is 372 g/mol. The predicted molar refractivity (Wildman–Crippen MR) is 94.2 cm³/mol. The van der Waals surface area contributed by atoms with Crippen LogP contribution in [0.3, 0.4) is 0 Å². The SMILES string of the molecule is COC(OC)c1cc2cc(-c3nc4cc(F)cc(F)c4c(=O)[nH]3)ccc2o1. The molecule has 0 saturated heterocycles. The van der Waals surface area contributed by atoms with Gasteiger partial charge < -0.3 is 18.9 Å². The molecule has 6 nitrogen and oxygen atoms in total. The van der Waals surface area contributed by atoms with E-state index >= 15 is 0 Å². The molecule has 0 atom stereocenters. The summed E-state index contributed by atoms with van der Waals surface area (Å²) in [6.07, 6.45) is -0.648. The third-order valence-electron chi connectivity index (χ3n) is 4.19. The molecule has 8 heteroatoms. The molecule has 2 heterocycles. The van der Waals surface area contributed by atoms with Crippen LogP contribution in [0.4, 0.5) is 8.78 Å². The van der Waals surface area contributed by atoms with E-state index in [-0.39, 0.29) is 16.7 Å². The van der Waals surface area contributed by atoms with E-state index in [4.69, 9.17) is 13.9 Å². The van der Waals surface area contributed by atoms with Crippen LogP contribution in [0.2, 0.25) is 0 Å². The van der Waals surface area contributed by atoms with Gasteiger partial charge in [-0.15, -0.1) is 0 Å². The number of rotatable bonds is 4. The maximum Gasteiger partial charge on any atom is 0.262 e. The van der Waals surface area contributed by atoms with Gasteiger partial charge in [-0.3, -0.25) is 4.79 Å². The van der Waals surface area contributed by atoms with Gasteiger partial charge in [-0.25, -0.2) is 13.8 Å².